The largest absolute Gasteiger partial charge is 0.342 e. The molecule has 4 rings (SSSR count). The van der Waals surface area contributed by atoms with Gasteiger partial charge < -0.3 is 15.1 Å². The number of rotatable bonds is 5. The maximum Gasteiger partial charge on any atom is 0.230 e. The third-order valence-electron chi connectivity index (χ3n) is 6.75. The Morgan fingerprint density at radius 3 is 2.41 bits per heavy atom. The molecule has 3 heterocycles. The average Bonchev–Trinajstić information content (AvgIpc) is 2.86. The van der Waals surface area contributed by atoms with Crippen molar-refractivity contribution in [3.63, 3.8) is 0 Å². The van der Waals surface area contributed by atoms with E-state index in [0.29, 0.717) is 32.0 Å². The van der Waals surface area contributed by atoms with Crippen LogP contribution in [0.2, 0.25) is 0 Å². The highest BCUT2D eigenvalue weighted by Crippen LogP contribution is 2.25. The zero-order valence-corrected chi connectivity index (χ0v) is 19.5. The molecule has 1 N–H and O–H groups in total. The summed E-state index contributed by atoms with van der Waals surface area (Å²) in [6, 6.07) is 9.65. The van der Waals surface area contributed by atoms with Crippen LogP contribution in [0.25, 0.3) is 0 Å². The summed E-state index contributed by atoms with van der Waals surface area (Å²) in [6.07, 6.45) is 4.84. The SMILES string of the molecule is Cc1cccnc1NC(=O)C1CCCN(C(=O)C2CCCN(C(=O)Cc3ccc(F)cc3)C2)C1. The Balaban J connectivity index is 1.33. The fourth-order valence-corrected chi connectivity index (χ4v) is 4.78. The van der Waals surface area contributed by atoms with Crippen LogP contribution in [0.15, 0.2) is 42.6 Å². The van der Waals surface area contributed by atoms with Crippen LogP contribution in [0.3, 0.4) is 0 Å². The number of pyridine rings is 1. The zero-order valence-electron chi connectivity index (χ0n) is 19.5. The molecule has 180 valence electrons. The van der Waals surface area contributed by atoms with Gasteiger partial charge in [-0.2, -0.15) is 0 Å². The maximum atomic E-state index is 13.3. The van der Waals surface area contributed by atoms with Crippen molar-refractivity contribution in [2.45, 2.75) is 39.0 Å². The molecular weight excluding hydrogens is 435 g/mol. The quantitative estimate of drug-likeness (QED) is 0.734. The predicted octanol–water partition coefficient (Wildman–Crippen LogP) is 3.19. The van der Waals surface area contributed by atoms with Gasteiger partial charge in [0, 0.05) is 32.4 Å². The molecule has 2 saturated heterocycles. The van der Waals surface area contributed by atoms with Gasteiger partial charge in [-0.25, -0.2) is 9.37 Å². The van der Waals surface area contributed by atoms with Crippen LogP contribution < -0.4 is 5.32 Å². The summed E-state index contributed by atoms with van der Waals surface area (Å²) < 4.78 is 13.1. The van der Waals surface area contributed by atoms with E-state index in [1.54, 1.807) is 28.1 Å². The number of halogens is 1. The molecule has 1 aromatic carbocycles. The van der Waals surface area contributed by atoms with Crippen molar-refractivity contribution in [1.82, 2.24) is 14.8 Å². The van der Waals surface area contributed by atoms with Crippen LogP contribution in [0.5, 0.6) is 0 Å². The molecule has 0 aliphatic carbocycles. The maximum absolute atomic E-state index is 13.3. The molecule has 0 bridgehead atoms. The Hall–Kier alpha value is -3.29. The monoisotopic (exact) mass is 466 g/mol. The lowest BCUT2D eigenvalue weighted by atomic mass is 9.92. The Morgan fingerprint density at radius 1 is 1.00 bits per heavy atom. The molecule has 0 radical (unpaired) electrons. The van der Waals surface area contributed by atoms with Gasteiger partial charge in [0.05, 0.1) is 18.3 Å². The molecule has 2 aliphatic rings. The first-order valence-corrected chi connectivity index (χ1v) is 11.9. The van der Waals surface area contributed by atoms with E-state index in [1.165, 1.54) is 12.1 Å². The van der Waals surface area contributed by atoms with Crippen molar-refractivity contribution in [3.05, 3.63) is 59.5 Å². The van der Waals surface area contributed by atoms with Gasteiger partial charge in [-0.1, -0.05) is 18.2 Å². The summed E-state index contributed by atoms with van der Waals surface area (Å²) in [6.45, 7) is 3.92. The summed E-state index contributed by atoms with van der Waals surface area (Å²) in [4.78, 5) is 46.7. The number of likely N-dealkylation sites (tertiary alicyclic amines) is 2. The summed E-state index contributed by atoms with van der Waals surface area (Å²) in [5, 5.41) is 2.90. The molecule has 7 nitrogen and oxygen atoms in total. The highest BCUT2D eigenvalue weighted by molar-refractivity contribution is 5.93. The van der Waals surface area contributed by atoms with Crippen molar-refractivity contribution in [2.24, 2.45) is 11.8 Å². The number of hydrogen-bond acceptors (Lipinski definition) is 4. The first-order chi connectivity index (χ1) is 16.4. The smallest absolute Gasteiger partial charge is 0.230 e. The topological polar surface area (TPSA) is 82.6 Å². The normalized spacial score (nSPS) is 20.6. The number of carbonyl (C=O) groups is 3. The van der Waals surface area contributed by atoms with E-state index in [4.69, 9.17) is 0 Å². The van der Waals surface area contributed by atoms with Gasteiger partial charge in [-0.05, 0) is 61.9 Å². The highest BCUT2D eigenvalue weighted by atomic mass is 19.1. The number of anilines is 1. The van der Waals surface area contributed by atoms with Gasteiger partial charge >= 0.3 is 0 Å². The lowest BCUT2D eigenvalue weighted by Gasteiger charge is -2.38. The first kappa shape index (κ1) is 23.9. The molecule has 2 fully saturated rings. The van der Waals surface area contributed by atoms with Crippen LogP contribution in [0.1, 0.15) is 36.8 Å². The fourth-order valence-electron chi connectivity index (χ4n) is 4.78. The van der Waals surface area contributed by atoms with Crippen LogP contribution >= 0.6 is 0 Å². The van der Waals surface area contributed by atoms with E-state index in [0.717, 1.165) is 36.8 Å². The Kier molecular flexibility index (Phi) is 7.55. The van der Waals surface area contributed by atoms with E-state index in [1.807, 2.05) is 19.1 Å². The first-order valence-electron chi connectivity index (χ1n) is 11.9. The van der Waals surface area contributed by atoms with Crippen LogP contribution in [0.4, 0.5) is 10.2 Å². The van der Waals surface area contributed by atoms with Crippen LogP contribution in [0, 0.1) is 24.6 Å². The minimum atomic E-state index is -0.330. The fraction of sp³-hybridized carbons (Fsp3) is 0.462. The summed E-state index contributed by atoms with van der Waals surface area (Å²) >= 11 is 0. The van der Waals surface area contributed by atoms with Gasteiger partial charge in [-0.15, -0.1) is 0 Å². The van der Waals surface area contributed by atoms with Crippen molar-refractivity contribution in [2.75, 3.05) is 31.5 Å². The van der Waals surface area contributed by atoms with Gasteiger partial charge in [-0.3, -0.25) is 14.4 Å². The Labute approximate surface area is 199 Å². The number of aromatic nitrogens is 1. The molecule has 2 aromatic rings. The number of amides is 3. The van der Waals surface area contributed by atoms with Crippen molar-refractivity contribution < 1.29 is 18.8 Å². The number of carbonyl (C=O) groups excluding carboxylic acids is 3. The van der Waals surface area contributed by atoms with Crippen molar-refractivity contribution in [3.8, 4) is 0 Å². The number of benzene rings is 1. The number of nitrogens with zero attached hydrogens (tertiary/aromatic N) is 3. The minimum absolute atomic E-state index is 0.0193. The van der Waals surface area contributed by atoms with E-state index < -0.39 is 0 Å². The molecule has 1 aromatic heterocycles. The molecule has 2 aliphatic heterocycles. The number of nitrogens with one attached hydrogen (secondary N) is 1. The zero-order chi connectivity index (χ0) is 24.1. The molecule has 8 heteroatoms. The van der Waals surface area contributed by atoms with Crippen LogP contribution in [-0.2, 0) is 20.8 Å². The summed E-state index contributed by atoms with van der Waals surface area (Å²) in [7, 11) is 0. The second kappa shape index (κ2) is 10.8. The third kappa shape index (κ3) is 5.79. The third-order valence-corrected chi connectivity index (χ3v) is 6.75. The second-order valence-electron chi connectivity index (χ2n) is 9.26. The number of aryl methyl sites for hydroxylation is 1. The minimum Gasteiger partial charge on any atom is -0.342 e. The lowest BCUT2D eigenvalue weighted by Crippen LogP contribution is -2.50. The molecule has 0 spiro atoms. The standard InChI is InChI=1S/C26H31FN4O3/c1-18-5-2-12-28-24(18)29-25(33)20-6-3-14-31(16-20)26(34)21-7-4-13-30(17-21)23(32)15-19-8-10-22(27)11-9-19/h2,5,8-12,20-21H,3-4,6-7,13-17H2,1H3,(H,28,29,33). The molecule has 2 atom stereocenters. The van der Waals surface area contributed by atoms with E-state index >= 15 is 0 Å². The van der Waals surface area contributed by atoms with E-state index in [2.05, 4.69) is 10.3 Å². The van der Waals surface area contributed by atoms with Crippen molar-refractivity contribution in [1.29, 1.82) is 0 Å². The van der Waals surface area contributed by atoms with Crippen LogP contribution in [-0.4, -0.2) is 58.7 Å². The van der Waals surface area contributed by atoms with E-state index in [-0.39, 0.29) is 41.8 Å². The predicted molar refractivity (Wildman–Crippen MR) is 126 cm³/mol. The molecule has 2 unspecified atom stereocenters. The molecule has 0 saturated carbocycles. The highest BCUT2D eigenvalue weighted by Gasteiger charge is 2.35. The average molecular weight is 467 g/mol. The van der Waals surface area contributed by atoms with Crippen molar-refractivity contribution >= 4 is 23.5 Å². The van der Waals surface area contributed by atoms with Gasteiger partial charge in [0.2, 0.25) is 17.7 Å². The Bertz CT molecular complexity index is 1040. The van der Waals surface area contributed by atoms with E-state index in [9.17, 15) is 18.8 Å². The second-order valence-corrected chi connectivity index (χ2v) is 9.26. The van der Waals surface area contributed by atoms with Gasteiger partial charge in [0.25, 0.3) is 0 Å². The molecule has 34 heavy (non-hydrogen) atoms. The number of piperidine rings is 2. The Morgan fingerprint density at radius 2 is 1.68 bits per heavy atom. The lowest BCUT2D eigenvalue weighted by molar-refractivity contribution is -0.142. The van der Waals surface area contributed by atoms with Gasteiger partial charge in [0.15, 0.2) is 0 Å². The van der Waals surface area contributed by atoms with Gasteiger partial charge in [0.1, 0.15) is 11.6 Å². The summed E-state index contributed by atoms with van der Waals surface area (Å²) in [5.74, 6) is -0.456. The number of hydrogen-bond donors (Lipinski definition) is 1. The summed E-state index contributed by atoms with van der Waals surface area (Å²) in [5.41, 5.74) is 1.65. The molecule has 3 amide bonds. The molecular formula is C26H31FN4O3.